The van der Waals surface area contributed by atoms with Crippen molar-refractivity contribution in [1.29, 1.82) is 0 Å². The highest BCUT2D eigenvalue weighted by Gasteiger charge is 2.35. The summed E-state index contributed by atoms with van der Waals surface area (Å²) in [5.41, 5.74) is 2.75. The topological polar surface area (TPSA) is 108 Å². The summed E-state index contributed by atoms with van der Waals surface area (Å²) in [6.45, 7) is 2.36. The zero-order chi connectivity index (χ0) is 22.5. The van der Waals surface area contributed by atoms with Crippen molar-refractivity contribution < 1.29 is 19.4 Å². The Morgan fingerprint density at radius 3 is 2.94 bits per heavy atom. The van der Waals surface area contributed by atoms with Crippen LogP contribution in [-0.2, 0) is 11.2 Å². The Balaban J connectivity index is 1.42. The third-order valence-electron chi connectivity index (χ3n) is 5.75. The molecule has 1 atom stereocenters. The van der Waals surface area contributed by atoms with E-state index >= 15 is 0 Å². The van der Waals surface area contributed by atoms with Crippen LogP contribution in [0, 0.1) is 0 Å². The average Bonchev–Trinajstić information content (AvgIpc) is 3.17. The number of rotatable bonds is 8. The maximum atomic E-state index is 13.0. The van der Waals surface area contributed by atoms with Gasteiger partial charge in [-0.05, 0) is 36.1 Å². The van der Waals surface area contributed by atoms with Crippen molar-refractivity contribution in [3.05, 3.63) is 53.4 Å². The molecule has 32 heavy (non-hydrogen) atoms. The number of pyridine rings is 2. The van der Waals surface area contributed by atoms with Crippen LogP contribution in [0.2, 0.25) is 0 Å². The first-order chi connectivity index (χ1) is 15.5. The van der Waals surface area contributed by atoms with Gasteiger partial charge in [0.1, 0.15) is 5.82 Å². The van der Waals surface area contributed by atoms with Crippen LogP contribution in [0.5, 0.6) is 5.88 Å². The number of nitrogens with one attached hydrogen (secondary N) is 1. The molecule has 4 rings (SSSR count). The molecule has 0 saturated carbocycles. The van der Waals surface area contributed by atoms with Gasteiger partial charge in [0.2, 0.25) is 5.88 Å². The minimum Gasteiger partial charge on any atom is -0.481 e. The summed E-state index contributed by atoms with van der Waals surface area (Å²) in [5, 5.41) is 12.7. The molecule has 0 aromatic carbocycles. The van der Waals surface area contributed by atoms with Crippen molar-refractivity contribution in [2.75, 3.05) is 38.6 Å². The second kappa shape index (κ2) is 9.67. The Bertz CT molecular complexity index is 1010. The van der Waals surface area contributed by atoms with E-state index in [1.807, 2.05) is 18.2 Å². The molecule has 9 heteroatoms. The molecule has 168 valence electrons. The molecule has 2 aliphatic heterocycles. The Labute approximate surface area is 186 Å². The molecule has 1 saturated heterocycles. The second-order valence-corrected chi connectivity index (χ2v) is 7.85. The van der Waals surface area contributed by atoms with Gasteiger partial charge in [0, 0.05) is 38.4 Å². The smallest absolute Gasteiger partial charge is 0.320 e. The fraction of sp³-hybridized carbons (Fsp3) is 0.391. The molecule has 0 spiro atoms. The fourth-order valence-corrected chi connectivity index (χ4v) is 4.08. The molecule has 4 heterocycles. The monoisotopic (exact) mass is 437 g/mol. The van der Waals surface area contributed by atoms with E-state index in [1.54, 1.807) is 28.1 Å². The van der Waals surface area contributed by atoms with Crippen LogP contribution in [0.3, 0.4) is 0 Å². The maximum Gasteiger partial charge on any atom is 0.320 e. The summed E-state index contributed by atoms with van der Waals surface area (Å²) < 4.78 is 5.07. The van der Waals surface area contributed by atoms with E-state index in [4.69, 9.17) is 4.74 Å². The van der Waals surface area contributed by atoms with E-state index in [1.165, 1.54) is 12.7 Å². The number of carboxylic acid groups (broad SMARTS) is 1. The minimum atomic E-state index is -0.968. The van der Waals surface area contributed by atoms with Crippen LogP contribution in [-0.4, -0.2) is 70.2 Å². The lowest BCUT2D eigenvalue weighted by Crippen LogP contribution is -2.35. The van der Waals surface area contributed by atoms with Gasteiger partial charge < -0.3 is 25.0 Å². The maximum absolute atomic E-state index is 13.0. The van der Waals surface area contributed by atoms with Crippen LogP contribution in [0.25, 0.3) is 6.08 Å². The summed E-state index contributed by atoms with van der Waals surface area (Å²) in [6.07, 6.45) is 7.37. The number of ether oxygens (including phenoxy) is 1. The van der Waals surface area contributed by atoms with Crippen molar-refractivity contribution >= 4 is 23.9 Å². The largest absolute Gasteiger partial charge is 0.481 e. The van der Waals surface area contributed by atoms with E-state index in [-0.39, 0.29) is 12.5 Å². The minimum absolute atomic E-state index is 0.184. The van der Waals surface area contributed by atoms with Crippen LogP contribution in [0.1, 0.15) is 35.7 Å². The summed E-state index contributed by atoms with van der Waals surface area (Å²) in [4.78, 5) is 36.6. The zero-order valence-corrected chi connectivity index (χ0v) is 18.0. The number of aromatic nitrogens is 2. The number of carboxylic acids is 1. The molecule has 1 fully saturated rings. The SMILES string of the molecule is COc1ccc(C(CC(=O)O)N2CCN(C/C=C/c3ccc4c(n3)NCCC4)C2=O)cn1. The first-order valence-electron chi connectivity index (χ1n) is 10.7. The van der Waals surface area contributed by atoms with E-state index in [0.29, 0.717) is 31.1 Å². The molecule has 1 unspecified atom stereocenters. The van der Waals surface area contributed by atoms with Gasteiger partial charge >= 0.3 is 12.0 Å². The van der Waals surface area contributed by atoms with Crippen LogP contribution >= 0.6 is 0 Å². The first-order valence-corrected chi connectivity index (χ1v) is 10.7. The quantitative estimate of drug-likeness (QED) is 0.654. The average molecular weight is 438 g/mol. The van der Waals surface area contributed by atoms with Gasteiger partial charge in [0.15, 0.2) is 0 Å². The van der Waals surface area contributed by atoms with Crippen molar-refractivity contribution in [2.24, 2.45) is 0 Å². The summed E-state index contributed by atoms with van der Waals surface area (Å²) in [5.74, 6) is 0.406. The second-order valence-electron chi connectivity index (χ2n) is 7.85. The Morgan fingerprint density at radius 2 is 2.19 bits per heavy atom. The number of hydrogen-bond donors (Lipinski definition) is 2. The van der Waals surface area contributed by atoms with E-state index in [0.717, 1.165) is 30.9 Å². The van der Waals surface area contributed by atoms with Gasteiger partial charge in [-0.3, -0.25) is 4.79 Å². The highest BCUT2D eigenvalue weighted by atomic mass is 16.5. The van der Waals surface area contributed by atoms with Crippen molar-refractivity contribution in [3.63, 3.8) is 0 Å². The molecule has 2 aromatic rings. The first kappa shape index (κ1) is 21.6. The normalized spacial score (nSPS) is 16.7. The third kappa shape index (κ3) is 4.82. The van der Waals surface area contributed by atoms with Gasteiger partial charge in [-0.25, -0.2) is 14.8 Å². The molecule has 2 aromatic heterocycles. The Morgan fingerprint density at radius 1 is 1.31 bits per heavy atom. The van der Waals surface area contributed by atoms with Crippen LogP contribution in [0.4, 0.5) is 10.6 Å². The standard InChI is InChI=1S/C23H27N5O4/c1-32-20-9-7-17(15-25-20)19(14-21(29)30)28-13-12-27(23(28)31)11-3-5-18-8-6-16-4-2-10-24-22(16)26-18/h3,5-9,15,19H,2,4,10-14H2,1H3,(H,24,26)(H,29,30)/b5-3+. The fourth-order valence-electron chi connectivity index (χ4n) is 4.08. The number of amides is 2. The molecule has 0 radical (unpaired) electrons. The lowest BCUT2D eigenvalue weighted by Gasteiger charge is -2.27. The summed E-state index contributed by atoms with van der Waals surface area (Å²) in [7, 11) is 1.52. The van der Waals surface area contributed by atoms with Gasteiger partial charge in [-0.2, -0.15) is 0 Å². The van der Waals surface area contributed by atoms with Gasteiger partial charge in [0.25, 0.3) is 0 Å². The van der Waals surface area contributed by atoms with E-state index < -0.39 is 12.0 Å². The van der Waals surface area contributed by atoms with Crippen molar-refractivity contribution in [1.82, 2.24) is 19.8 Å². The molecular weight excluding hydrogens is 410 g/mol. The molecule has 2 amide bonds. The summed E-state index contributed by atoms with van der Waals surface area (Å²) >= 11 is 0. The molecule has 2 aliphatic rings. The van der Waals surface area contributed by atoms with E-state index in [9.17, 15) is 14.7 Å². The molecule has 0 bridgehead atoms. The molecule has 9 nitrogen and oxygen atoms in total. The number of fused-ring (bicyclic) bond motifs is 1. The number of carbonyl (C=O) groups is 2. The highest BCUT2D eigenvalue weighted by Crippen LogP contribution is 2.29. The van der Waals surface area contributed by atoms with Crippen molar-refractivity contribution in [3.8, 4) is 5.88 Å². The number of aliphatic carboxylic acids is 1. The highest BCUT2D eigenvalue weighted by molar-refractivity contribution is 5.78. The predicted octanol–water partition coefficient (Wildman–Crippen LogP) is 2.81. The molecular formula is C23H27N5O4. The van der Waals surface area contributed by atoms with Gasteiger partial charge in [-0.15, -0.1) is 0 Å². The number of urea groups is 1. The van der Waals surface area contributed by atoms with E-state index in [2.05, 4.69) is 21.4 Å². The summed E-state index contributed by atoms with van der Waals surface area (Å²) in [6, 6.07) is 6.74. The zero-order valence-electron chi connectivity index (χ0n) is 18.0. The number of methoxy groups -OCH3 is 1. The van der Waals surface area contributed by atoms with Gasteiger partial charge in [0.05, 0.1) is 25.3 Å². The molecule has 0 aliphatic carbocycles. The predicted molar refractivity (Wildman–Crippen MR) is 120 cm³/mol. The third-order valence-corrected chi connectivity index (χ3v) is 5.75. The Hall–Kier alpha value is -3.62. The number of hydrogen-bond acceptors (Lipinski definition) is 6. The molecule has 2 N–H and O–H groups in total. The van der Waals surface area contributed by atoms with Gasteiger partial charge in [-0.1, -0.05) is 18.2 Å². The van der Waals surface area contributed by atoms with Crippen LogP contribution < -0.4 is 10.1 Å². The number of nitrogens with zero attached hydrogens (tertiary/aromatic N) is 4. The van der Waals surface area contributed by atoms with Crippen molar-refractivity contribution in [2.45, 2.75) is 25.3 Å². The lowest BCUT2D eigenvalue weighted by atomic mass is 10.0. The number of anilines is 1. The number of carbonyl (C=O) groups excluding carboxylic acids is 1. The Kier molecular flexibility index (Phi) is 6.53. The number of aryl methyl sites for hydroxylation is 1. The lowest BCUT2D eigenvalue weighted by molar-refractivity contribution is -0.138. The van der Waals surface area contributed by atoms with Crippen LogP contribution in [0.15, 0.2) is 36.5 Å².